The number of nitrogens with one attached hydrogen (secondary N) is 2. The minimum Gasteiger partial charge on any atom is -0.337 e. The first kappa shape index (κ1) is 16.6. The molecule has 0 amide bonds. The molecule has 0 spiro atoms. The second-order valence-corrected chi connectivity index (χ2v) is 7.11. The molecule has 0 bridgehead atoms. The first-order valence-electron chi connectivity index (χ1n) is 9.49. The van der Waals surface area contributed by atoms with Crippen molar-refractivity contribution in [1.29, 1.82) is 0 Å². The third kappa shape index (κ3) is 2.58. The van der Waals surface area contributed by atoms with Crippen molar-refractivity contribution in [3.05, 3.63) is 67.4 Å². The van der Waals surface area contributed by atoms with Crippen LogP contribution in [0, 0.1) is 0 Å². The van der Waals surface area contributed by atoms with E-state index in [1.54, 1.807) is 29.5 Å². The normalized spacial score (nSPS) is 11.5. The third-order valence-corrected chi connectivity index (χ3v) is 5.18. The molecule has 0 aliphatic rings. The van der Waals surface area contributed by atoms with Gasteiger partial charge in [0.25, 0.3) is 0 Å². The summed E-state index contributed by atoms with van der Waals surface area (Å²) in [5, 5.41) is 12.8. The Morgan fingerprint density at radius 2 is 1.87 bits per heavy atom. The summed E-state index contributed by atoms with van der Waals surface area (Å²) in [6.07, 6.45) is 9.11. The fourth-order valence-electron chi connectivity index (χ4n) is 3.72. The fraction of sp³-hybridized carbons (Fsp3) is 0.0455. The van der Waals surface area contributed by atoms with E-state index in [1.165, 1.54) is 0 Å². The molecule has 144 valence electrons. The Balaban J connectivity index is 1.52. The van der Waals surface area contributed by atoms with E-state index in [-0.39, 0.29) is 0 Å². The zero-order chi connectivity index (χ0) is 20.1. The Morgan fingerprint density at radius 1 is 0.967 bits per heavy atom. The number of aromatic nitrogens is 8. The number of rotatable bonds is 3. The largest absolute Gasteiger partial charge is 0.337 e. The molecule has 6 aromatic rings. The van der Waals surface area contributed by atoms with Gasteiger partial charge < -0.3 is 4.98 Å². The molecule has 5 aromatic heterocycles. The van der Waals surface area contributed by atoms with Crippen LogP contribution in [0.5, 0.6) is 0 Å². The summed E-state index contributed by atoms with van der Waals surface area (Å²) in [4.78, 5) is 17.0. The highest BCUT2D eigenvalue weighted by Gasteiger charge is 2.16. The highest BCUT2D eigenvalue weighted by molar-refractivity contribution is 5.97. The number of para-hydroxylation sites is 1. The number of H-pyrrole nitrogens is 2. The molecule has 30 heavy (non-hydrogen) atoms. The van der Waals surface area contributed by atoms with E-state index in [2.05, 4.69) is 36.3 Å². The summed E-state index contributed by atoms with van der Waals surface area (Å²) in [6.45, 7) is 0. The SMILES string of the molecule is Cn1cc(-c2cc3c(-c4nc5c(-c6ccncc6)cccc5[nH]4)n[nH]c3cn2)cn1. The maximum Gasteiger partial charge on any atom is 0.159 e. The van der Waals surface area contributed by atoms with Crippen LogP contribution < -0.4 is 0 Å². The second kappa shape index (κ2) is 6.35. The molecule has 0 unspecified atom stereocenters. The van der Waals surface area contributed by atoms with Crippen molar-refractivity contribution in [3.8, 4) is 33.9 Å². The number of hydrogen-bond acceptors (Lipinski definition) is 5. The van der Waals surface area contributed by atoms with Crippen molar-refractivity contribution in [3.63, 3.8) is 0 Å². The predicted molar refractivity (Wildman–Crippen MR) is 114 cm³/mol. The lowest BCUT2D eigenvalue weighted by Crippen LogP contribution is -1.85. The highest BCUT2D eigenvalue weighted by Crippen LogP contribution is 2.32. The molecule has 2 N–H and O–H groups in total. The molecular weight excluding hydrogens is 376 g/mol. The van der Waals surface area contributed by atoms with Crippen LogP contribution >= 0.6 is 0 Å². The van der Waals surface area contributed by atoms with Crippen LogP contribution in [0.2, 0.25) is 0 Å². The van der Waals surface area contributed by atoms with Gasteiger partial charge >= 0.3 is 0 Å². The first-order valence-corrected chi connectivity index (χ1v) is 9.49. The van der Waals surface area contributed by atoms with Gasteiger partial charge in [-0.2, -0.15) is 10.2 Å². The van der Waals surface area contributed by atoms with Gasteiger partial charge in [-0.1, -0.05) is 12.1 Å². The smallest absolute Gasteiger partial charge is 0.159 e. The molecule has 8 heteroatoms. The van der Waals surface area contributed by atoms with Crippen LogP contribution in [-0.4, -0.2) is 39.9 Å². The van der Waals surface area contributed by atoms with Crippen molar-refractivity contribution in [2.75, 3.05) is 0 Å². The van der Waals surface area contributed by atoms with Crippen LogP contribution in [0.1, 0.15) is 0 Å². The van der Waals surface area contributed by atoms with Crippen molar-refractivity contribution in [1.82, 2.24) is 39.9 Å². The molecule has 6 rings (SSSR count). The van der Waals surface area contributed by atoms with Crippen molar-refractivity contribution >= 4 is 21.9 Å². The summed E-state index contributed by atoms with van der Waals surface area (Å²) < 4.78 is 1.76. The number of hydrogen-bond donors (Lipinski definition) is 2. The zero-order valence-electron chi connectivity index (χ0n) is 16.0. The summed E-state index contributed by atoms with van der Waals surface area (Å²) in [5.41, 5.74) is 7.39. The fourth-order valence-corrected chi connectivity index (χ4v) is 3.72. The number of benzene rings is 1. The Hall–Kier alpha value is -4.33. The van der Waals surface area contributed by atoms with E-state index in [0.29, 0.717) is 5.82 Å². The lowest BCUT2D eigenvalue weighted by atomic mass is 10.1. The number of aromatic amines is 2. The summed E-state index contributed by atoms with van der Waals surface area (Å²) in [5.74, 6) is 0.709. The maximum atomic E-state index is 4.89. The number of aryl methyl sites for hydroxylation is 1. The Labute approximate surface area is 170 Å². The second-order valence-electron chi connectivity index (χ2n) is 7.11. The molecule has 8 nitrogen and oxygen atoms in total. The van der Waals surface area contributed by atoms with E-state index >= 15 is 0 Å². The Kier molecular flexibility index (Phi) is 3.51. The van der Waals surface area contributed by atoms with Crippen molar-refractivity contribution < 1.29 is 0 Å². The van der Waals surface area contributed by atoms with Gasteiger partial charge in [0.05, 0.1) is 34.6 Å². The van der Waals surface area contributed by atoms with E-state index in [1.807, 2.05) is 43.6 Å². The standard InChI is InChI=1S/C22H16N8/c1-30-12-14(10-25-30)18-9-16-19(11-24-18)28-29-21(16)22-26-17-4-2-3-15(20(17)27-22)13-5-7-23-8-6-13/h2-12H,1H3,(H,26,27)(H,28,29). The molecule has 5 heterocycles. The number of imidazole rings is 1. The van der Waals surface area contributed by atoms with Gasteiger partial charge in [-0.3, -0.25) is 19.7 Å². The number of fused-ring (bicyclic) bond motifs is 2. The first-order chi connectivity index (χ1) is 14.8. The minimum atomic E-state index is 0.709. The molecule has 0 saturated carbocycles. The van der Waals surface area contributed by atoms with Gasteiger partial charge in [0.15, 0.2) is 5.82 Å². The monoisotopic (exact) mass is 392 g/mol. The lowest BCUT2D eigenvalue weighted by Gasteiger charge is -2.01. The van der Waals surface area contributed by atoms with Crippen LogP contribution in [0.25, 0.3) is 55.8 Å². The Morgan fingerprint density at radius 3 is 2.70 bits per heavy atom. The molecule has 0 atom stereocenters. The van der Waals surface area contributed by atoms with Gasteiger partial charge in [0.1, 0.15) is 5.69 Å². The van der Waals surface area contributed by atoms with Crippen LogP contribution in [-0.2, 0) is 7.05 Å². The number of nitrogens with zero attached hydrogens (tertiary/aromatic N) is 6. The van der Waals surface area contributed by atoms with Gasteiger partial charge in [-0.15, -0.1) is 0 Å². The van der Waals surface area contributed by atoms with Crippen molar-refractivity contribution in [2.24, 2.45) is 7.05 Å². The third-order valence-electron chi connectivity index (χ3n) is 5.18. The quantitative estimate of drug-likeness (QED) is 0.475. The van der Waals surface area contributed by atoms with E-state index in [9.17, 15) is 0 Å². The minimum absolute atomic E-state index is 0.709. The maximum absolute atomic E-state index is 4.89. The van der Waals surface area contributed by atoms with E-state index in [4.69, 9.17) is 4.98 Å². The summed E-state index contributed by atoms with van der Waals surface area (Å²) in [6, 6.07) is 12.1. The van der Waals surface area contributed by atoms with Crippen LogP contribution in [0.4, 0.5) is 0 Å². The number of pyridine rings is 2. The van der Waals surface area contributed by atoms with Crippen LogP contribution in [0.3, 0.4) is 0 Å². The van der Waals surface area contributed by atoms with Crippen LogP contribution in [0.15, 0.2) is 67.4 Å². The average molecular weight is 392 g/mol. The van der Waals surface area contributed by atoms with Crippen molar-refractivity contribution in [2.45, 2.75) is 0 Å². The van der Waals surface area contributed by atoms with Gasteiger partial charge in [0.2, 0.25) is 0 Å². The lowest BCUT2D eigenvalue weighted by molar-refractivity contribution is 0.768. The van der Waals surface area contributed by atoms with Gasteiger partial charge in [-0.25, -0.2) is 4.98 Å². The summed E-state index contributed by atoms with van der Waals surface area (Å²) >= 11 is 0. The topological polar surface area (TPSA) is 101 Å². The van der Waals surface area contributed by atoms with E-state index in [0.717, 1.165) is 50.0 Å². The van der Waals surface area contributed by atoms with Gasteiger partial charge in [0, 0.05) is 42.2 Å². The highest BCUT2D eigenvalue weighted by atomic mass is 15.2. The molecule has 0 aliphatic carbocycles. The summed E-state index contributed by atoms with van der Waals surface area (Å²) in [7, 11) is 1.89. The molecule has 0 radical (unpaired) electrons. The average Bonchev–Trinajstić information content (AvgIpc) is 3.50. The molecule has 0 aliphatic heterocycles. The Bertz CT molecular complexity index is 1510. The van der Waals surface area contributed by atoms with Gasteiger partial charge in [-0.05, 0) is 29.8 Å². The molecular formula is C22H16N8. The molecule has 0 fully saturated rings. The molecule has 0 saturated heterocycles. The molecule has 1 aromatic carbocycles. The van der Waals surface area contributed by atoms with E-state index < -0.39 is 0 Å². The zero-order valence-corrected chi connectivity index (χ0v) is 16.0. The predicted octanol–water partition coefficient (Wildman–Crippen LogP) is 3.96.